The molecule has 0 aliphatic carbocycles. The van der Waals surface area contributed by atoms with E-state index in [-0.39, 0.29) is 24.5 Å². The van der Waals surface area contributed by atoms with E-state index >= 15 is 0 Å². The van der Waals surface area contributed by atoms with Gasteiger partial charge in [-0.05, 0) is 41.0 Å². The fourth-order valence-electron chi connectivity index (χ4n) is 4.91. The number of hydrogen-bond donors (Lipinski definition) is 3. The molecule has 9 heteroatoms. The molecule has 0 radical (unpaired) electrons. The van der Waals surface area contributed by atoms with Gasteiger partial charge in [-0.3, -0.25) is 9.78 Å². The molecule has 1 aliphatic rings. The van der Waals surface area contributed by atoms with E-state index in [4.69, 9.17) is 24.7 Å². The van der Waals surface area contributed by atoms with Gasteiger partial charge in [0.1, 0.15) is 34.9 Å². The SMILES string of the molecule is COc1ccc(C(OC[C@H]2O[C@@H](C#Cc3cnc(N)[nH]c3=O)C[C@@H]2O)(c2ccccc2)c2ccc(OC)cc2)cc1. The van der Waals surface area contributed by atoms with Gasteiger partial charge in [0.2, 0.25) is 0 Å². The zero-order valence-electron chi connectivity index (χ0n) is 22.7. The number of aliphatic hydroxyl groups excluding tert-OH is 1. The summed E-state index contributed by atoms with van der Waals surface area (Å²) >= 11 is 0. The molecule has 1 aliphatic heterocycles. The summed E-state index contributed by atoms with van der Waals surface area (Å²) in [7, 11) is 3.24. The normalized spacial score (nSPS) is 18.4. The maximum atomic E-state index is 12.1. The summed E-state index contributed by atoms with van der Waals surface area (Å²) in [5, 5.41) is 10.9. The van der Waals surface area contributed by atoms with Crippen LogP contribution in [0.1, 0.15) is 28.7 Å². The Morgan fingerprint density at radius 3 is 2.12 bits per heavy atom. The number of anilines is 1. The Balaban J connectivity index is 1.48. The van der Waals surface area contributed by atoms with Crippen LogP contribution < -0.4 is 20.8 Å². The Bertz CT molecular complexity index is 1530. The van der Waals surface area contributed by atoms with Crippen molar-refractivity contribution in [1.82, 2.24) is 9.97 Å². The predicted molar refractivity (Wildman–Crippen MR) is 154 cm³/mol. The monoisotopic (exact) mass is 553 g/mol. The van der Waals surface area contributed by atoms with Crippen LogP contribution in [-0.2, 0) is 15.1 Å². The van der Waals surface area contributed by atoms with Crippen LogP contribution in [0.3, 0.4) is 0 Å². The van der Waals surface area contributed by atoms with Crippen LogP contribution in [0.5, 0.6) is 11.5 Å². The van der Waals surface area contributed by atoms with E-state index in [1.165, 1.54) is 6.20 Å². The molecule has 0 unspecified atom stereocenters. The van der Waals surface area contributed by atoms with Crippen molar-refractivity contribution in [2.24, 2.45) is 0 Å². The predicted octanol–water partition coefficient (Wildman–Crippen LogP) is 3.25. The fraction of sp³-hybridized carbons (Fsp3) is 0.250. The molecule has 1 aromatic heterocycles. The summed E-state index contributed by atoms with van der Waals surface area (Å²) in [5.74, 6) is 7.15. The molecule has 0 saturated carbocycles. The van der Waals surface area contributed by atoms with Crippen LogP contribution in [0.15, 0.2) is 89.9 Å². The Kier molecular flexibility index (Phi) is 8.36. The Labute approximate surface area is 237 Å². The highest BCUT2D eigenvalue weighted by Gasteiger charge is 2.41. The Hall–Kier alpha value is -4.62. The van der Waals surface area contributed by atoms with Gasteiger partial charge in [0.25, 0.3) is 5.56 Å². The molecule has 210 valence electrons. The highest BCUT2D eigenvalue weighted by atomic mass is 16.6. The van der Waals surface area contributed by atoms with Crippen LogP contribution in [0, 0.1) is 11.8 Å². The molecule has 2 heterocycles. The van der Waals surface area contributed by atoms with Crippen molar-refractivity contribution in [3.05, 3.63) is 118 Å². The summed E-state index contributed by atoms with van der Waals surface area (Å²) in [6.07, 6.45) is -0.492. The highest BCUT2D eigenvalue weighted by Crippen LogP contribution is 2.42. The molecule has 1 fully saturated rings. The van der Waals surface area contributed by atoms with E-state index in [1.54, 1.807) is 14.2 Å². The van der Waals surface area contributed by atoms with Gasteiger partial charge in [-0.2, -0.15) is 0 Å². The van der Waals surface area contributed by atoms with Crippen LogP contribution >= 0.6 is 0 Å². The van der Waals surface area contributed by atoms with Crippen molar-refractivity contribution in [2.75, 3.05) is 26.6 Å². The van der Waals surface area contributed by atoms with Gasteiger partial charge >= 0.3 is 0 Å². The minimum atomic E-state index is -1.05. The molecule has 3 aromatic carbocycles. The number of aromatic amines is 1. The van der Waals surface area contributed by atoms with E-state index < -0.39 is 29.5 Å². The Morgan fingerprint density at radius 1 is 0.976 bits per heavy atom. The second kappa shape index (κ2) is 12.3. The summed E-state index contributed by atoms with van der Waals surface area (Å²) in [5.41, 5.74) is 6.83. The lowest BCUT2D eigenvalue weighted by atomic mass is 9.80. The van der Waals surface area contributed by atoms with Crippen molar-refractivity contribution >= 4 is 5.95 Å². The molecular formula is C32H31N3O6. The average molecular weight is 554 g/mol. The topological polar surface area (TPSA) is 129 Å². The van der Waals surface area contributed by atoms with Crippen molar-refractivity contribution in [2.45, 2.75) is 30.3 Å². The smallest absolute Gasteiger partial charge is 0.268 e. The number of aliphatic hydroxyl groups is 1. The second-order valence-electron chi connectivity index (χ2n) is 9.56. The summed E-state index contributed by atoms with van der Waals surface area (Å²) in [4.78, 5) is 18.4. The van der Waals surface area contributed by atoms with Gasteiger partial charge in [0, 0.05) is 6.42 Å². The number of rotatable bonds is 8. The number of nitrogens with zero attached hydrogens (tertiary/aromatic N) is 1. The summed E-state index contributed by atoms with van der Waals surface area (Å²) in [6, 6.07) is 25.3. The zero-order chi connectivity index (χ0) is 28.8. The van der Waals surface area contributed by atoms with E-state index in [9.17, 15) is 9.90 Å². The molecule has 0 spiro atoms. The molecule has 4 aromatic rings. The van der Waals surface area contributed by atoms with Gasteiger partial charge in [0.15, 0.2) is 5.95 Å². The summed E-state index contributed by atoms with van der Waals surface area (Å²) < 4.78 is 23.7. The quantitative estimate of drug-likeness (QED) is 0.224. The van der Waals surface area contributed by atoms with Crippen LogP contribution in [-0.4, -0.2) is 54.2 Å². The van der Waals surface area contributed by atoms with E-state index in [2.05, 4.69) is 21.8 Å². The number of nitrogens with two attached hydrogens (primary N) is 1. The van der Waals surface area contributed by atoms with E-state index in [0.29, 0.717) is 0 Å². The third-order valence-electron chi connectivity index (χ3n) is 7.05. The average Bonchev–Trinajstić information content (AvgIpc) is 3.37. The first-order chi connectivity index (χ1) is 19.9. The van der Waals surface area contributed by atoms with Crippen molar-refractivity contribution < 1.29 is 24.1 Å². The molecule has 5 rings (SSSR count). The standard InChI is InChI=1S/C32H31N3O6/c1-38-25-14-9-23(10-15-25)32(22-6-4-3-5-7-22,24-11-16-26(39-2)17-12-24)40-20-29-28(36)18-27(41-29)13-8-21-19-34-31(33)35-30(21)37/h3-7,9-12,14-17,19,27-29,36H,18,20H2,1-2H3,(H3,33,34,35,37)/t27-,28-,29+/m0/s1. The van der Waals surface area contributed by atoms with Gasteiger partial charge in [-0.25, -0.2) is 4.98 Å². The number of hydrogen-bond acceptors (Lipinski definition) is 8. The molecule has 1 saturated heterocycles. The molecule has 41 heavy (non-hydrogen) atoms. The molecule has 4 N–H and O–H groups in total. The van der Waals surface area contributed by atoms with Gasteiger partial charge < -0.3 is 29.8 Å². The number of nitrogens with one attached hydrogen (secondary N) is 1. The Morgan fingerprint density at radius 2 is 1.56 bits per heavy atom. The molecule has 9 nitrogen and oxygen atoms in total. The number of benzene rings is 3. The van der Waals surface area contributed by atoms with Crippen molar-refractivity contribution in [3.63, 3.8) is 0 Å². The third-order valence-corrected chi connectivity index (χ3v) is 7.05. The molecular weight excluding hydrogens is 522 g/mol. The largest absolute Gasteiger partial charge is 0.497 e. The fourth-order valence-corrected chi connectivity index (χ4v) is 4.91. The van der Waals surface area contributed by atoms with Gasteiger partial charge in [0.05, 0.1) is 33.1 Å². The maximum Gasteiger partial charge on any atom is 0.268 e. The second-order valence-corrected chi connectivity index (χ2v) is 9.56. The summed E-state index contributed by atoms with van der Waals surface area (Å²) in [6.45, 7) is 0.0658. The number of ether oxygens (including phenoxy) is 4. The van der Waals surface area contributed by atoms with Crippen molar-refractivity contribution in [1.29, 1.82) is 0 Å². The van der Waals surface area contributed by atoms with Gasteiger partial charge in [-0.1, -0.05) is 66.4 Å². The maximum absolute atomic E-state index is 12.1. The first kappa shape index (κ1) is 27.9. The molecule has 0 bridgehead atoms. The lowest BCUT2D eigenvalue weighted by Crippen LogP contribution is -2.38. The van der Waals surface area contributed by atoms with E-state index in [0.717, 1.165) is 28.2 Å². The first-order valence-corrected chi connectivity index (χ1v) is 13.1. The van der Waals surface area contributed by atoms with E-state index in [1.807, 2.05) is 78.9 Å². The minimum absolute atomic E-state index is 0.0147. The van der Waals surface area contributed by atoms with Crippen LogP contribution in [0.2, 0.25) is 0 Å². The van der Waals surface area contributed by atoms with Crippen molar-refractivity contribution in [3.8, 4) is 23.3 Å². The number of nitrogen functional groups attached to an aromatic ring is 1. The zero-order valence-corrected chi connectivity index (χ0v) is 22.7. The lowest BCUT2D eigenvalue weighted by Gasteiger charge is -2.37. The third kappa shape index (κ3) is 5.95. The number of methoxy groups -OCH3 is 2. The first-order valence-electron chi connectivity index (χ1n) is 13.1. The highest BCUT2D eigenvalue weighted by molar-refractivity contribution is 5.49. The number of H-pyrrole nitrogens is 1. The van der Waals surface area contributed by atoms with Crippen LogP contribution in [0.25, 0.3) is 0 Å². The molecule has 0 amide bonds. The molecule has 3 atom stereocenters. The van der Waals surface area contributed by atoms with Crippen LogP contribution in [0.4, 0.5) is 5.95 Å². The lowest BCUT2D eigenvalue weighted by molar-refractivity contribution is -0.0759. The minimum Gasteiger partial charge on any atom is -0.497 e. The number of aromatic nitrogens is 2. The van der Waals surface area contributed by atoms with Gasteiger partial charge in [-0.15, -0.1) is 0 Å².